The van der Waals surface area contributed by atoms with Gasteiger partial charge in [-0.25, -0.2) is 0 Å². The molecule has 1 aromatic heterocycles. The molecule has 28 heavy (non-hydrogen) atoms. The van der Waals surface area contributed by atoms with E-state index in [0.29, 0.717) is 23.3 Å². The maximum absolute atomic E-state index is 12.4. The first-order chi connectivity index (χ1) is 13.6. The second-order valence-corrected chi connectivity index (χ2v) is 7.58. The number of carbonyl (C=O) groups is 1. The van der Waals surface area contributed by atoms with E-state index >= 15 is 0 Å². The number of aryl methyl sites for hydroxylation is 2. The van der Waals surface area contributed by atoms with Gasteiger partial charge in [0.25, 0.3) is 11.1 Å². The molecule has 0 unspecified atom stereocenters. The second-order valence-electron chi connectivity index (χ2n) is 6.65. The van der Waals surface area contributed by atoms with Crippen LogP contribution in [0.1, 0.15) is 32.9 Å². The van der Waals surface area contributed by atoms with Gasteiger partial charge in [-0.15, -0.1) is 10.2 Å². The number of rotatable bonds is 7. The van der Waals surface area contributed by atoms with Crippen LogP contribution in [0.25, 0.3) is 0 Å². The average molecular weight is 396 g/mol. The van der Waals surface area contributed by atoms with E-state index in [1.54, 1.807) is 6.07 Å². The number of fused-ring (bicyclic) bond motifs is 1. The number of hydrogen-bond acceptors (Lipinski definition) is 7. The van der Waals surface area contributed by atoms with Gasteiger partial charge in [0.2, 0.25) is 0 Å². The molecule has 0 bridgehead atoms. The molecule has 3 aromatic rings. The summed E-state index contributed by atoms with van der Waals surface area (Å²) in [5.74, 6) is 2.30. The number of Topliss-reactive ketones (excluding diaryl/α,β-unsaturated/α-hetero) is 1. The van der Waals surface area contributed by atoms with E-state index in [2.05, 4.69) is 10.2 Å². The molecule has 2 heterocycles. The second kappa shape index (κ2) is 8.06. The van der Waals surface area contributed by atoms with Gasteiger partial charge in [0.15, 0.2) is 12.4 Å². The normalized spacial score (nSPS) is 12.5. The maximum Gasteiger partial charge on any atom is 0.277 e. The molecule has 6 nitrogen and oxygen atoms in total. The fourth-order valence-electron chi connectivity index (χ4n) is 2.93. The first-order valence-corrected chi connectivity index (χ1v) is 10.0. The van der Waals surface area contributed by atoms with Crippen molar-refractivity contribution in [2.75, 3.05) is 12.4 Å². The fourth-order valence-corrected chi connectivity index (χ4v) is 3.60. The van der Waals surface area contributed by atoms with Gasteiger partial charge >= 0.3 is 0 Å². The predicted octanol–water partition coefficient (Wildman–Crippen LogP) is 4.18. The molecule has 1 aliphatic heterocycles. The Morgan fingerprint density at radius 3 is 2.96 bits per heavy atom. The summed E-state index contributed by atoms with van der Waals surface area (Å²) >= 11 is 1.23. The molecule has 0 saturated carbocycles. The summed E-state index contributed by atoms with van der Waals surface area (Å²) in [6.45, 7) is 4.87. The molecule has 2 aromatic carbocycles. The molecular formula is C21H20N2O4S. The van der Waals surface area contributed by atoms with Gasteiger partial charge in [0.1, 0.15) is 11.5 Å². The smallest absolute Gasteiger partial charge is 0.277 e. The lowest BCUT2D eigenvalue weighted by molar-refractivity contribution is 0.102. The van der Waals surface area contributed by atoms with Crippen LogP contribution in [0.4, 0.5) is 0 Å². The van der Waals surface area contributed by atoms with E-state index in [4.69, 9.17) is 13.9 Å². The molecule has 144 valence electrons. The largest absolute Gasteiger partial charge is 0.493 e. The summed E-state index contributed by atoms with van der Waals surface area (Å²) in [5.41, 5.74) is 3.93. The lowest BCUT2D eigenvalue weighted by Crippen LogP contribution is -2.02. The molecule has 0 N–H and O–H groups in total. The molecule has 0 amide bonds. The van der Waals surface area contributed by atoms with Gasteiger partial charge in [-0.2, -0.15) is 0 Å². The van der Waals surface area contributed by atoms with Crippen molar-refractivity contribution in [2.24, 2.45) is 0 Å². The highest BCUT2D eigenvalue weighted by atomic mass is 32.2. The van der Waals surface area contributed by atoms with Gasteiger partial charge in [-0.1, -0.05) is 23.9 Å². The van der Waals surface area contributed by atoms with E-state index in [9.17, 15) is 4.79 Å². The van der Waals surface area contributed by atoms with Crippen LogP contribution in [-0.4, -0.2) is 28.3 Å². The van der Waals surface area contributed by atoms with Crippen LogP contribution in [-0.2, 0) is 13.0 Å². The summed E-state index contributed by atoms with van der Waals surface area (Å²) in [6.07, 6.45) is 0.844. The van der Waals surface area contributed by atoms with Gasteiger partial charge in [-0.05, 0) is 54.8 Å². The zero-order valence-electron chi connectivity index (χ0n) is 15.7. The minimum atomic E-state index is 0.0195. The Morgan fingerprint density at radius 1 is 1.18 bits per heavy atom. The van der Waals surface area contributed by atoms with Crippen LogP contribution in [0.15, 0.2) is 46.0 Å². The predicted molar refractivity (Wildman–Crippen MR) is 105 cm³/mol. The van der Waals surface area contributed by atoms with Crippen molar-refractivity contribution < 1.29 is 18.7 Å². The molecule has 7 heteroatoms. The van der Waals surface area contributed by atoms with Crippen LogP contribution in [0.5, 0.6) is 11.5 Å². The molecule has 4 rings (SSSR count). The molecule has 0 saturated heterocycles. The van der Waals surface area contributed by atoms with Crippen molar-refractivity contribution >= 4 is 17.5 Å². The first kappa shape index (κ1) is 18.6. The zero-order valence-corrected chi connectivity index (χ0v) is 16.5. The van der Waals surface area contributed by atoms with E-state index in [0.717, 1.165) is 34.6 Å². The Kier molecular flexibility index (Phi) is 5.34. The number of benzene rings is 2. The number of nitrogens with zero attached hydrogens (tertiary/aromatic N) is 2. The molecule has 0 radical (unpaired) electrons. The van der Waals surface area contributed by atoms with Crippen LogP contribution < -0.4 is 9.47 Å². The number of carbonyl (C=O) groups excluding carboxylic acids is 1. The van der Waals surface area contributed by atoms with Gasteiger partial charge in [0.05, 0.1) is 12.4 Å². The van der Waals surface area contributed by atoms with E-state index in [1.807, 2.05) is 44.2 Å². The Labute approximate surface area is 167 Å². The van der Waals surface area contributed by atoms with E-state index in [1.165, 1.54) is 11.8 Å². The fraction of sp³-hybridized carbons (Fsp3) is 0.286. The van der Waals surface area contributed by atoms with Crippen LogP contribution in [0, 0.1) is 13.8 Å². The Balaban J connectivity index is 1.32. The van der Waals surface area contributed by atoms with Crippen LogP contribution >= 0.6 is 11.8 Å². The summed E-state index contributed by atoms with van der Waals surface area (Å²) in [7, 11) is 0. The van der Waals surface area contributed by atoms with Crippen molar-refractivity contribution in [2.45, 2.75) is 32.1 Å². The minimum Gasteiger partial charge on any atom is -0.493 e. The Hall–Kier alpha value is -2.80. The van der Waals surface area contributed by atoms with Crippen molar-refractivity contribution in [3.63, 3.8) is 0 Å². The summed E-state index contributed by atoms with van der Waals surface area (Å²) in [4.78, 5) is 12.4. The van der Waals surface area contributed by atoms with Gasteiger partial charge in [-0.3, -0.25) is 4.79 Å². The van der Waals surface area contributed by atoms with E-state index < -0.39 is 0 Å². The van der Waals surface area contributed by atoms with Gasteiger partial charge < -0.3 is 13.9 Å². The lowest BCUT2D eigenvalue weighted by Gasteiger charge is -2.07. The molecule has 0 fully saturated rings. The highest BCUT2D eigenvalue weighted by molar-refractivity contribution is 7.99. The average Bonchev–Trinajstić information content (AvgIpc) is 3.35. The van der Waals surface area contributed by atoms with Crippen molar-refractivity contribution in [1.82, 2.24) is 10.2 Å². The molecule has 0 aliphatic carbocycles. The van der Waals surface area contributed by atoms with Crippen LogP contribution in [0.2, 0.25) is 0 Å². The third-order valence-corrected chi connectivity index (χ3v) is 5.30. The highest BCUT2D eigenvalue weighted by Crippen LogP contribution is 2.27. The summed E-state index contributed by atoms with van der Waals surface area (Å²) in [6, 6.07) is 11.6. The van der Waals surface area contributed by atoms with Crippen LogP contribution in [0.3, 0.4) is 0 Å². The quantitative estimate of drug-likeness (QED) is 0.438. The summed E-state index contributed by atoms with van der Waals surface area (Å²) < 4.78 is 16.8. The lowest BCUT2D eigenvalue weighted by atomic mass is 10.1. The standard InChI is InChI=1S/C21H20N2O4S/c1-13-3-4-14(2)19(9-13)26-11-20-22-23-21(27-20)28-12-17(24)15-5-6-18-16(10-15)7-8-25-18/h3-6,9-10H,7-8,11-12H2,1-2H3. The summed E-state index contributed by atoms with van der Waals surface area (Å²) in [5, 5.41) is 8.34. The number of hydrogen-bond donors (Lipinski definition) is 0. The molecule has 1 aliphatic rings. The van der Waals surface area contributed by atoms with Crippen molar-refractivity contribution in [1.29, 1.82) is 0 Å². The number of aromatic nitrogens is 2. The third kappa shape index (κ3) is 4.20. The van der Waals surface area contributed by atoms with Crippen molar-refractivity contribution in [3.05, 3.63) is 64.5 Å². The Bertz CT molecular complexity index is 1020. The minimum absolute atomic E-state index is 0.0195. The number of ketones is 1. The number of ether oxygens (including phenoxy) is 2. The first-order valence-electron chi connectivity index (χ1n) is 9.02. The maximum atomic E-state index is 12.4. The highest BCUT2D eigenvalue weighted by Gasteiger charge is 2.16. The molecule has 0 atom stereocenters. The van der Waals surface area contributed by atoms with E-state index in [-0.39, 0.29) is 18.1 Å². The monoisotopic (exact) mass is 396 g/mol. The van der Waals surface area contributed by atoms with Crippen molar-refractivity contribution in [3.8, 4) is 11.5 Å². The molecule has 0 spiro atoms. The third-order valence-electron chi connectivity index (χ3n) is 4.48. The topological polar surface area (TPSA) is 74.5 Å². The number of thioether (sulfide) groups is 1. The molecular weight excluding hydrogens is 376 g/mol. The van der Waals surface area contributed by atoms with Gasteiger partial charge in [0, 0.05) is 12.0 Å². The Morgan fingerprint density at radius 2 is 2.07 bits per heavy atom. The SMILES string of the molecule is Cc1ccc(C)c(OCc2nnc(SCC(=O)c3ccc4c(c3)CCO4)o2)c1. The zero-order chi connectivity index (χ0) is 19.5.